The van der Waals surface area contributed by atoms with Crippen LogP contribution in [0.5, 0.6) is 0 Å². The molecule has 2 aromatic heterocycles. The van der Waals surface area contributed by atoms with E-state index in [1.165, 1.54) is 4.68 Å². The van der Waals surface area contributed by atoms with Gasteiger partial charge in [-0.25, -0.2) is 4.68 Å². The van der Waals surface area contributed by atoms with E-state index in [4.69, 9.17) is 0 Å². The fraction of sp³-hybridized carbons (Fsp3) is 0.500. The quantitative estimate of drug-likeness (QED) is 0.848. The standard InChI is InChI=1S/C20H24N4O2/c25-19-8-7-18(15-9-11-21-12-10-15)22-24(19)14-17-6-3-13-23(17)20(26)16-4-1-2-5-16/h7-12,16-17H,1-6,13-14H2. The first-order valence-corrected chi connectivity index (χ1v) is 9.51. The molecule has 2 fully saturated rings. The predicted molar refractivity (Wildman–Crippen MR) is 98.4 cm³/mol. The fourth-order valence-electron chi connectivity index (χ4n) is 4.18. The van der Waals surface area contributed by atoms with Gasteiger partial charge in [0.1, 0.15) is 0 Å². The zero-order valence-corrected chi connectivity index (χ0v) is 14.9. The normalized spacial score (nSPS) is 20.6. The molecule has 0 N–H and O–H groups in total. The molecule has 0 spiro atoms. The van der Waals surface area contributed by atoms with Gasteiger partial charge in [-0.2, -0.15) is 5.10 Å². The summed E-state index contributed by atoms with van der Waals surface area (Å²) in [4.78, 5) is 31.2. The second-order valence-corrected chi connectivity index (χ2v) is 7.28. The van der Waals surface area contributed by atoms with Gasteiger partial charge in [-0.1, -0.05) is 12.8 Å². The smallest absolute Gasteiger partial charge is 0.266 e. The second kappa shape index (κ2) is 7.40. The Bertz CT molecular complexity index is 827. The molecular formula is C20H24N4O2. The molecule has 4 rings (SSSR count). The topological polar surface area (TPSA) is 68.1 Å². The van der Waals surface area contributed by atoms with Gasteiger partial charge in [-0.3, -0.25) is 14.6 Å². The van der Waals surface area contributed by atoms with Gasteiger partial charge < -0.3 is 4.90 Å². The molecule has 136 valence electrons. The Morgan fingerprint density at radius 2 is 1.81 bits per heavy atom. The second-order valence-electron chi connectivity index (χ2n) is 7.28. The van der Waals surface area contributed by atoms with Crippen LogP contribution in [0.3, 0.4) is 0 Å². The van der Waals surface area contributed by atoms with E-state index < -0.39 is 0 Å². The summed E-state index contributed by atoms with van der Waals surface area (Å²) in [6.07, 6.45) is 9.70. The van der Waals surface area contributed by atoms with Crippen molar-refractivity contribution in [1.82, 2.24) is 19.7 Å². The van der Waals surface area contributed by atoms with Gasteiger partial charge in [0.15, 0.2) is 0 Å². The van der Waals surface area contributed by atoms with Crippen LogP contribution in [0.15, 0.2) is 41.5 Å². The monoisotopic (exact) mass is 352 g/mol. The zero-order valence-electron chi connectivity index (χ0n) is 14.9. The lowest BCUT2D eigenvalue weighted by atomic mass is 10.1. The van der Waals surface area contributed by atoms with E-state index in [-0.39, 0.29) is 23.4 Å². The minimum Gasteiger partial charge on any atom is -0.338 e. The Morgan fingerprint density at radius 3 is 2.58 bits per heavy atom. The summed E-state index contributed by atoms with van der Waals surface area (Å²) in [5.74, 6) is 0.465. The van der Waals surface area contributed by atoms with Crippen LogP contribution < -0.4 is 5.56 Å². The molecule has 1 unspecified atom stereocenters. The van der Waals surface area contributed by atoms with Crippen molar-refractivity contribution in [2.24, 2.45) is 5.92 Å². The van der Waals surface area contributed by atoms with E-state index in [0.717, 1.165) is 56.3 Å². The number of likely N-dealkylation sites (tertiary alicyclic amines) is 1. The number of hydrogen-bond acceptors (Lipinski definition) is 4. The van der Waals surface area contributed by atoms with Gasteiger partial charge in [0, 0.05) is 36.5 Å². The minimum absolute atomic E-state index is 0.0704. The lowest BCUT2D eigenvalue weighted by Crippen LogP contribution is -2.42. The van der Waals surface area contributed by atoms with E-state index in [1.54, 1.807) is 24.5 Å². The molecule has 2 aliphatic rings. The Hall–Kier alpha value is -2.50. The highest BCUT2D eigenvalue weighted by Gasteiger charge is 2.34. The molecule has 1 amide bonds. The van der Waals surface area contributed by atoms with E-state index >= 15 is 0 Å². The molecule has 1 saturated carbocycles. The Labute approximate surface area is 152 Å². The number of carbonyl (C=O) groups is 1. The van der Waals surface area contributed by atoms with Crippen molar-refractivity contribution in [3.05, 3.63) is 47.0 Å². The summed E-state index contributed by atoms with van der Waals surface area (Å²) in [6.45, 7) is 1.27. The number of carbonyl (C=O) groups excluding carboxylic acids is 1. The van der Waals surface area contributed by atoms with Gasteiger partial charge >= 0.3 is 0 Å². The van der Waals surface area contributed by atoms with Crippen LogP contribution in [0.1, 0.15) is 38.5 Å². The minimum atomic E-state index is -0.122. The van der Waals surface area contributed by atoms with E-state index in [2.05, 4.69) is 10.1 Å². The van der Waals surface area contributed by atoms with E-state index in [0.29, 0.717) is 6.54 Å². The maximum atomic E-state index is 12.8. The number of pyridine rings is 1. The van der Waals surface area contributed by atoms with E-state index in [9.17, 15) is 9.59 Å². The summed E-state index contributed by atoms with van der Waals surface area (Å²) >= 11 is 0. The first-order chi connectivity index (χ1) is 12.7. The van der Waals surface area contributed by atoms with Crippen LogP contribution in [-0.2, 0) is 11.3 Å². The number of hydrogen-bond donors (Lipinski definition) is 0. The molecule has 6 nitrogen and oxygen atoms in total. The molecule has 1 atom stereocenters. The van der Waals surface area contributed by atoms with Crippen molar-refractivity contribution < 1.29 is 4.79 Å². The molecule has 0 bridgehead atoms. The summed E-state index contributed by atoms with van der Waals surface area (Å²) in [5.41, 5.74) is 1.56. The summed E-state index contributed by atoms with van der Waals surface area (Å²) in [6, 6.07) is 7.12. The van der Waals surface area contributed by atoms with Crippen LogP contribution in [0.4, 0.5) is 0 Å². The van der Waals surface area contributed by atoms with Crippen LogP contribution >= 0.6 is 0 Å². The van der Waals surface area contributed by atoms with Crippen LogP contribution in [0.25, 0.3) is 11.3 Å². The van der Waals surface area contributed by atoms with Crippen LogP contribution in [0.2, 0.25) is 0 Å². The van der Waals surface area contributed by atoms with Gasteiger partial charge in [0.2, 0.25) is 5.91 Å². The molecule has 6 heteroatoms. The third-order valence-electron chi connectivity index (χ3n) is 5.59. The highest BCUT2D eigenvalue weighted by atomic mass is 16.2. The predicted octanol–water partition coefficient (Wildman–Crippen LogP) is 2.49. The average Bonchev–Trinajstić information content (AvgIpc) is 3.36. The summed E-state index contributed by atoms with van der Waals surface area (Å²) < 4.78 is 1.51. The lowest BCUT2D eigenvalue weighted by molar-refractivity contribution is -0.136. The summed E-state index contributed by atoms with van der Waals surface area (Å²) in [5, 5.41) is 4.54. The Balaban J connectivity index is 1.54. The number of nitrogens with zero attached hydrogens (tertiary/aromatic N) is 4. The van der Waals surface area contributed by atoms with Crippen molar-refractivity contribution in [3.63, 3.8) is 0 Å². The molecule has 1 aliphatic carbocycles. The fourth-order valence-corrected chi connectivity index (χ4v) is 4.18. The third-order valence-corrected chi connectivity index (χ3v) is 5.59. The number of amides is 1. The van der Waals surface area contributed by atoms with Crippen molar-refractivity contribution in [2.75, 3.05) is 6.54 Å². The maximum Gasteiger partial charge on any atom is 0.266 e. The number of rotatable bonds is 4. The van der Waals surface area contributed by atoms with Crippen molar-refractivity contribution in [3.8, 4) is 11.3 Å². The third kappa shape index (κ3) is 3.41. The molecule has 0 aromatic carbocycles. The Kier molecular flexibility index (Phi) is 4.82. The number of aromatic nitrogens is 3. The first-order valence-electron chi connectivity index (χ1n) is 9.51. The molecule has 0 radical (unpaired) electrons. The average molecular weight is 352 g/mol. The largest absolute Gasteiger partial charge is 0.338 e. The molecule has 1 aliphatic heterocycles. The van der Waals surface area contributed by atoms with Gasteiger partial charge in [0.25, 0.3) is 5.56 Å². The zero-order chi connectivity index (χ0) is 17.9. The first kappa shape index (κ1) is 16.9. The summed E-state index contributed by atoms with van der Waals surface area (Å²) in [7, 11) is 0. The lowest BCUT2D eigenvalue weighted by Gasteiger charge is -2.27. The van der Waals surface area contributed by atoms with Crippen LogP contribution in [0, 0.1) is 5.92 Å². The van der Waals surface area contributed by atoms with Crippen molar-refractivity contribution >= 4 is 5.91 Å². The van der Waals surface area contributed by atoms with Crippen molar-refractivity contribution in [2.45, 2.75) is 51.1 Å². The molecule has 26 heavy (non-hydrogen) atoms. The molecule has 3 heterocycles. The SMILES string of the molecule is O=C(C1CCCC1)N1CCCC1Cn1nc(-c2ccncc2)ccc1=O. The highest BCUT2D eigenvalue weighted by molar-refractivity contribution is 5.79. The molecule has 1 saturated heterocycles. The molecular weight excluding hydrogens is 328 g/mol. The van der Waals surface area contributed by atoms with Gasteiger partial charge in [-0.05, 0) is 43.9 Å². The van der Waals surface area contributed by atoms with E-state index in [1.807, 2.05) is 17.0 Å². The Morgan fingerprint density at radius 1 is 1.04 bits per heavy atom. The van der Waals surface area contributed by atoms with Gasteiger partial charge in [0.05, 0.1) is 18.3 Å². The molecule has 2 aromatic rings. The highest BCUT2D eigenvalue weighted by Crippen LogP contribution is 2.30. The van der Waals surface area contributed by atoms with Crippen molar-refractivity contribution in [1.29, 1.82) is 0 Å². The maximum absolute atomic E-state index is 12.8. The van der Waals surface area contributed by atoms with Gasteiger partial charge in [-0.15, -0.1) is 0 Å². The van der Waals surface area contributed by atoms with Crippen LogP contribution in [-0.4, -0.2) is 38.2 Å².